The molecule has 1 atom stereocenters. The van der Waals surface area contributed by atoms with Gasteiger partial charge in [-0.2, -0.15) is 0 Å². The van der Waals surface area contributed by atoms with Crippen LogP contribution in [0.3, 0.4) is 0 Å². The molecule has 32 heavy (non-hydrogen) atoms. The summed E-state index contributed by atoms with van der Waals surface area (Å²) in [6, 6.07) is 21.1. The van der Waals surface area contributed by atoms with E-state index in [1.807, 2.05) is 94.4 Å². The SMILES string of the molecule is CCC(C(=O)NC(C)C)N(Cc1cccc(C)c1)C(=O)COc1cccc2ccccc12. The summed E-state index contributed by atoms with van der Waals surface area (Å²) in [6.07, 6.45) is 0.518. The second-order valence-corrected chi connectivity index (χ2v) is 8.36. The van der Waals surface area contributed by atoms with Gasteiger partial charge in [-0.15, -0.1) is 0 Å². The van der Waals surface area contributed by atoms with E-state index in [0.717, 1.165) is 21.9 Å². The number of amides is 2. The zero-order valence-corrected chi connectivity index (χ0v) is 19.3. The fourth-order valence-corrected chi connectivity index (χ4v) is 3.85. The van der Waals surface area contributed by atoms with Crippen LogP contribution in [-0.2, 0) is 16.1 Å². The fourth-order valence-electron chi connectivity index (χ4n) is 3.85. The van der Waals surface area contributed by atoms with Gasteiger partial charge in [0.05, 0.1) is 0 Å². The van der Waals surface area contributed by atoms with Gasteiger partial charge in [0, 0.05) is 18.0 Å². The number of carbonyl (C=O) groups excluding carboxylic acids is 2. The molecule has 0 spiro atoms. The third-order valence-corrected chi connectivity index (χ3v) is 5.35. The largest absolute Gasteiger partial charge is 0.483 e. The molecule has 5 nitrogen and oxygen atoms in total. The van der Waals surface area contributed by atoms with Crippen molar-refractivity contribution in [2.45, 2.75) is 52.7 Å². The molecule has 0 aliphatic carbocycles. The first kappa shape index (κ1) is 23.3. The van der Waals surface area contributed by atoms with Crippen LogP contribution in [0.4, 0.5) is 0 Å². The smallest absolute Gasteiger partial charge is 0.261 e. The maximum Gasteiger partial charge on any atom is 0.261 e. The van der Waals surface area contributed by atoms with Gasteiger partial charge in [0.1, 0.15) is 11.8 Å². The first-order chi connectivity index (χ1) is 15.4. The van der Waals surface area contributed by atoms with Crippen molar-refractivity contribution in [3.05, 3.63) is 77.9 Å². The van der Waals surface area contributed by atoms with E-state index >= 15 is 0 Å². The van der Waals surface area contributed by atoms with E-state index in [1.54, 1.807) is 4.90 Å². The minimum atomic E-state index is -0.568. The number of rotatable bonds is 9. The van der Waals surface area contributed by atoms with Gasteiger partial charge >= 0.3 is 0 Å². The van der Waals surface area contributed by atoms with Crippen molar-refractivity contribution in [1.82, 2.24) is 10.2 Å². The van der Waals surface area contributed by atoms with Gasteiger partial charge in [-0.25, -0.2) is 0 Å². The minimum Gasteiger partial charge on any atom is -0.483 e. The van der Waals surface area contributed by atoms with Crippen molar-refractivity contribution in [2.75, 3.05) is 6.61 Å². The number of hydrogen-bond acceptors (Lipinski definition) is 3. The number of carbonyl (C=O) groups is 2. The summed E-state index contributed by atoms with van der Waals surface area (Å²) in [7, 11) is 0. The standard InChI is InChI=1S/C27H32N2O3/c1-5-24(27(31)28-19(2)3)29(17-21-11-8-10-20(4)16-21)26(30)18-32-25-15-9-13-22-12-6-7-14-23(22)25/h6-16,19,24H,5,17-18H2,1-4H3,(H,28,31). The minimum absolute atomic E-state index is 0.000551. The van der Waals surface area contributed by atoms with Crippen LogP contribution in [0.15, 0.2) is 66.7 Å². The molecule has 3 aromatic rings. The Hall–Kier alpha value is -3.34. The molecule has 5 heteroatoms. The molecule has 1 N–H and O–H groups in total. The van der Waals surface area contributed by atoms with E-state index in [0.29, 0.717) is 18.7 Å². The van der Waals surface area contributed by atoms with Crippen LogP contribution in [-0.4, -0.2) is 35.4 Å². The summed E-state index contributed by atoms with van der Waals surface area (Å²) < 4.78 is 5.96. The topological polar surface area (TPSA) is 58.6 Å². The van der Waals surface area contributed by atoms with E-state index in [1.165, 1.54) is 0 Å². The van der Waals surface area contributed by atoms with Crippen LogP contribution in [0.25, 0.3) is 10.8 Å². The van der Waals surface area contributed by atoms with Crippen molar-refractivity contribution in [2.24, 2.45) is 0 Å². The molecule has 1 unspecified atom stereocenters. The highest BCUT2D eigenvalue weighted by molar-refractivity contribution is 5.90. The summed E-state index contributed by atoms with van der Waals surface area (Å²) in [6.45, 7) is 7.99. The number of nitrogens with one attached hydrogen (secondary N) is 1. The number of aryl methyl sites for hydroxylation is 1. The molecule has 0 radical (unpaired) electrons. The Bertz CT molecular complexity index is 1070. The van der Waals surface area contributed by atoms with Crippen LogP contribution in [0.2, 0.25) is 0 Å². The normalized spacial score (nSPS) is 11.9. The molecule has 0 fully saturated rings. The third-order valence-electron chi connectivity index (χ3n) is 5.35. The summed E-state index contributed by atoms with van der Waals surface area (Å²) in [5.41, 5.74) is 2.10. The van der Waals surface area contributed by atoms with Crippen molar-refractivity contribution in [1.29, 1.82) is 0 Å². The van der Waals surface area contributed by atoms with Gasteiger partial charge in [-0.1, -0.05) is 73.2 Å². The van der Waals surface area contributed by atoms with Crippen molar-refractivity contribution in [3.8, 4) is 5.75 Å². The molecule has 0 aliphatic heterocycles. The van der Waals surface area contributed by atoms with Gasteiger partial charge in [-0.05, 0) is 44.2 Å². The van der Waals surface area contributed by atoms with E-state index in [9.17, 15) is 9.59 Å². The Morgan fingerprint density at radius 1 is 1.00 bits per heavy atom. The number of benzene rings is 3. The highest BCUT2D eigenvalue weighted by atomic mass is 16.5. The lowest BCUT2D eigenvalue weighted by Gasteiger charge is -2.31. The number of ether oxygens (including phenoxy) is 1. The van der Waals surface area contributed by atoms with Gasteiger partial charge in [-0.3, -0.25) is 9.59 Å². The Morgan fingerprint density at radius 3 is 2.44 bits per heavy atom. The maximum absolute atomic E-state index is 13.4. The Kier molecular flexibility index (Phi) is 7.87. The van der Waals surface area contributed by atoms with Crippen LogP contribution in [0.5, 0.6) is 5.75 Å². The molecule has 168 valence electrons. The van der Waals surface area contributed by atoms with Crippen LogP contribution < -0.4 is 10.1 Å². The fraction of sp³-hybridized carbons (Fsp3) is 0.333. The highest BCUT2D eigenvalue weighted by Gasteiger charge is 2.29. The van der Waals surface area contributed by atoms with E-state index in [-0.39, 0.29) is 24.5 Å². The second-order valence-electron chi connectivity index (χ2n) is 8.36. The molecule has 0 aromatic heterocycles. The molecular formula is C27H32N2O3. The summed E-state index contributed by atoms with van der Waals surface area (Å²) >= 11 is 0. The lowest BCUT2D eigenvalue weighted by molar-refractivity contribution is -0.143. The average molecular weight is 433 g/mol. The Labute approximate surface area is 190 Å². The first-order valence-corrected chi connectivity index (χ1v) is 11.1. The lowest BCUT2D eigenvalue weighted by Crippen LogP contribution is -2.51. The van der Waals surface area contributed by atoms with Crippen LogP contribution in [0.1, 0.15) is 38.3 Å². The Balaban J connectivity index is 1.83. The lowest BCUT2D eigenvalue weighted by atomic mass is 10.1. The second kappa shape index (κ2) is 10.8. The molecule has 0 aliphatic rings. The molecule has 3 rings (SSSR count). The zero-order valence-electron chi connectivity index (χ0n) is 19.3. The van der Waals surface area contributed by atoms with Gasteiger partial charge < -0.3 is 15.0 Å². The predicted octanol–water partition coefficient (Wildman–Crippen LogP) is 4.86. The van der Waals surface area contributed by atoms with E-state index in [4.69, 9.17) is 4.74 Å². The van der Waals surface area contributed by atoms with E-state index in [2.05, 4.69) is 5.32 Å². The van der Waals surface area contributed by atoms with Gasteiger partial charge in [0.15, 0.2) is 6.61 Å². The summed E-state index contributed by atoms with van der Waals surface area (Å²) in [5, 5.41) is 4.96. The molecule has 0 saturated heterocycles. The molecule has 0 heterocycles. The summed E-state index contributed by atoms with van der Waals surface area (Å²) in [4.78, 5) is 27.9. The quantitative estimate of drug-likeness (QED) is 0.525. The molecule has 0 bridgehead atoms. The van der Waals surface area contributed by atoms with E-state index < -0.39 is 6.04 Å². The van der Waals surface area contributed by atoms with Gasteiger partial charge in [0.25, 0.3) is 5.91 Å². The van der Waals surface area contributed by atoms with Crippen LogP contribution in [0, 0.1) is 6.92 Å². The molecule has 0 saturated carbocycles. The number of hydrogen-bond donors (Lipinski definition) is 1. The Morgan fingerprint density at radius 2 is 1.72 bits per heavy atom. The van der Waals surface area contributed by atoms with Crippen LogP contribution >= 0.6 is 0 Å². The maximum atomic E-state index is 13.4. The molecular weight excluding hydrogens is 400 g/mol. The number of fused-ring (bicyclic) bond motifs is 1. The zero-order chi connectivity index (χ0) is 23.1. The van der Waals surface area contributed by atoms with Gasteiger partial charge in [0.2, 0.25) is 5.91 Å². The molecule has 3 aromatic carbocycles. The highest BCUT2D eigenvalue weighted by Crippen LogP contribution is 2.25. The van der Waals surface area contributed by atoms with Crippen molar-refractivity contribution < 1.29 is 14.3 Å². The van der Waals surface area contributed by atoms with Crippen molar-refractivity contribution >= 4 is 22.6 Å². The monoisotopic (exact) mass is 432 g/mol. The predicted molar refractivity (Wildman–Crippen MR) is 129 cm³/mol. The summed E-state index contributed by atoms with van der Waals surface area (Å²) in [5.74, 6) is 0.297. The van der Waals surface area contributed by atoms with Crippen molar-refractivity contribution in [3.63, 3.8) is 0 Å². The number of nitrogens with zero attached hydrogens (tertiary/aromatic N) is 1. The first-order valence-electron chi connectivity index (χ1n) is 11.1. The third kappa shape index (κ3) is 5.88. The molecule has 2 amide bonds. The average Bonchev–Trinajstić information content (AvgIpc) is 2.77.